The van der Waals surface area contributed by atoms with Crippen LogP contribution in [0.15, 0.2) is 47.8 Å². The second-order valence-corrected chi connectivity index (χ2v) is 10.8. The van der Waals surface area contributed by atoms with Gasteiger partial charge in [-0.1, -0.05) is 61.6 Å². The van der Waals surface area contributed by atoms with Crippen LogP contribution in [0.1, 0.15) is 67.1 Å². The van der Waals surface area contributed by atoms with Crippen LogP contribution in [0.3, 0.4) is 0 Å². The van der Waals surface area contributed by atoms with Crippen molar-refractivity contribution in [2.45, 2.75) is 77.0 Å². The molecule has 5 rings (SSSR count). The normalized spacial score (nSPS) is 21.2. The molecule has 0 spiro atoms. The fourth-order valence-corrected chi connectivity index (χ4v) is 5.76. The van der Waals surface area contributed by atoms with Crippen LogP contribution in [0, 0.1) is 6.92 Å². The van der Waals surface area contributed by atoms with E-state index in [0.29, 0.717) is 18.8 Å². The lowest BCUT2D eigenvalue weighted by atomic mass is 9.93. The van der Waals surface area contributed by atoms with Gasteiger partial charge in [-0.05, 0) is 49.8 Å². The molecule has 1 aliphatic heterocycles. The van der Waals surface area contributed by atoms with Crippen LogP contribution in [0.4, 0.5) is 0 Å². The van der Waals surface area contributed by atoms with Gasteiger partial charge in [-0.15, -0.1) is 11.3 Å². The van der Waals surface area contributed by atoms with Gasteiger partial charge in [0.05, 0.1) is 11.4 Å². The van der Waals surface area contributed by atoms with E-state index in [1.54, 1.807) is 20.9 Å². The summed E-state index contributed by atoms with van der Waals surface area (Å²) in [5.41, 5.74) is 2.47. The van der Waals surface area contributed by atoms with Gasteiger partial charge in [0.1, 0.15) is 16.9 Å². The van der Waals surface area contributed by atoms with Crippen molar-refractivity contribution in [3.05, 3.63) is 64.7 Å². The molecule has 0 bridgehead atoms. The number of aromatic nitrogens is 2. The molecule has 7 heteroatoms. The molecule has 0 saturated heterocycles. The Morgan fingerprint density at radius 3 is 2.56 bits per heavy atom. The Balaban J connectivity index is 1.49. The standard InChI is InChI=1S/C27H32N4O2S/c1-19-11-13-20(14-12-19)17-30-25(32)23-16-22(24-10-7-15-34-24)29-31(23)18-27(30,2)26(33)28-21-8-5-3-4-6-9-21/h7,10-16,21H,3-6,8-9,17-18H2,1-2H3,(H,28,33)/t27-/m0/s1. The number of hydrogen-bond acceptors (Lipinski definition) is 4. The summed E-state index contributed by atoms with van der Waals surface area (Å²) < 4.78 is 1.73. The van der Waals surface area contributed by atoms with E-state index in [9.17, 15) is 9.59 Å². The number of nitrogens with zero attached hydrogens (tertiary/aromatic N) is 3. The quantitative estimate of drug-likeness (QED) is 0.517. The van der Waals surface area contributed by atoms with Gasteiger partial charge in [-0.2, -0.15) is 5.10 Å². The fourth-order valence-electron chi connectivity index (χ4n) is 5.07. The van der Waals surface area contributed by atoms with Crippen LogP contribution in [-0.2, 0) is 17.9 Å². The number of fused-ring (bicyclic) bond motifs is 1. The third kappa shape index (κ3) is 4.41. The Morgan fingerprint density at radius 2 is 1.88 bits per heavy atom. The molecule has 1 fully saturated rings. The zero-order chi connectivity index (χ0) is 23.7. The van der Waals surface area contributed by atoms with Crippen LogP contribution in [-0.4, -0.2) is 38.1 Å². The van der Waals surface area contributed by atoms with Crippen molar-refractivity contribution < 1.29 is 9.59 Å². The zero-order valence-electron chi connectivity index (χ0n) is 19.9. The maximum atomic E-state index is 13.8. The van der Waals surface area contributed by atoms with Gasteiger partial charge >= 0.3 is 0 Å². The molecular formula is C27H32N4O2S. The smallest absolute Gasteiger partial charge is 0.273 e. The van der Waals surface area contributed by atoms with Crippen LogP contribution in [0.25, 0.3) is 10.6 Å². The van der Waals surface area contributed by atoms with Gasteiger partial charge in [0.2, 0.25) is 5.91 Å². The molecule has 1 atom stereocenters. The SMILES string of the molecule is Cc1ccc(CN2C(=O)c3cc(-c4cccs4)nn3C[C@@]2(C)C(=O)NC2CCCCCC2)cc1. The topological polar surface area (TPSA) is 67.2 Å². The number of carbonyl (C=O) groups is 2. The van der Waals surface area contributed by atoms with E-state index in [4.69, 9.17) is 5.10 Å². The minimum absolute atomic E-state index is 0.0846. The van der Waals surface area contributed by atoms with Crippen molar-refractivity contribution >= 4 is 23.2 Å². The lowest BCUT2D eigenvalue weighted by molar-refractivity contribution is -0.134. The number of amides is 2. The van der Waals surface area contributed by atoms with E-state index >= 15 is 0 Å². The highest BCUT2D eigenvalue weighted by atomic mass is 32.1. The molecular weight excluding hydrogens is 444 g/mol. The van der Waals surface area contributed by atoms with Crippen molar-refractivity contribution in [2.24, 2.45) is 0 Å². The summed E-state index contributed by atoms with van der Waals surface area (Å²) in [6.45, 7) is 4.66. The summed E-state index contributed by atoms with van der Waals surface area (Å²) >= 11 is 1.60. The van der Waals surface area contributed by atoms with E-state index in [-0.39, 0.29) is 17.9 Å². The maximum absolute atomic E-state index is 13.8. The van der Waals surface area contributed by atoms with Gasteiger partial charge in [0.25, 0.3) is 5.91 Å². The first-order valence-corrected chi connectivity index (χ1v) is 13.1. The third-order valence-electron chi connectivity index (χ3n) is 7.21. The molecule has 3 heterocycles. The monoisotopic (exact) mass is 476 g/mol. The van der Waals surface area contributed by atoms with Crippen LogP contribution >= 0.6 is 11.3 Å². The van der Waals surface area contributed by atoms with Gasteiger partial charge in [-0.3, -0.25) is 14.3 Å². The second kappa shape index (κ2) is 9.37. The number of thiophene rings is 1. The minimum atomic E-state index is -1.03. The Hall–Kier alpha value is -2.93. The summed E-state index contributed by atoms with van der Waals surface area (Å²) in [6.07, 6.45) is 6.74. The molecule has 2 aliphatic rings. The number of nitrogens with one attached hydrogen (secondary N) is 1. The van der Waals surface area contributed by atoms with Gasteiger partial charge in [0, 0.05) is 12.6 Å². The molecule has 1 aromatic carbocycles. The van der Waals surface area contributed by atoms with Crippen LogP contribution in [0.2, 0.25) is 0 Å². The van der Waals surface area contributed by atoms with E-state index < -0.39 is 5.54 Å². The Labute approximate surface area is 205 Å². The first-order chi connectivity index (χ1) is 16.4. The predicted molar refractivity (Wildman–Crippen MR) is 135 cm³/mol. The Bertz CT molecular complexity index is 1160. The highest BCUT2D eigenvalue weighted by Crippen LogP contribution is 2.33. The average molecular weight is 477 g/mol. The molecule has 0 radical (unpaired) electrons. The zero-order valence-corrected chi connectivity index (χ0v) is 20.7. The molecule has 1 aliphatic carbocycles. The lowest BCUT2D eigenvalue weighted by Crippen LogP contribution is -2.64. The molecule has 178 valence electrons. The number of carbonyl (C=O) groups excluding carboxylic acids is 2. The molecule has 2 amide bonds. The van der Waals surface area contributed by atoms with E-state index in [1.807, 2.05) is 61.7 Å². The molecule has 34 heavy (non-hydrogen) atoms. The molecule has 6 nitrogen and oxygen atoms in total. The lowest BCUT2D eigenvalue weighted by Gasteiger charge is -2.44. The van der Waals surface area contributed by atoms with Crippen LogP contribution in [0.5, 0.6) is 0 Å². The average Bonchev–Trinajstić information content (AvgIpc) is 3.43. The first kappa shape index (κ1) is 22.8. The highest BCUT2D eigenvalue weighted by Gasteiger charge is 2.48. The third-order valence-corrected chi connectivity index (χ3v) is 8.10. The van der Waals surface area contributed by atoms with Crippen molar-refractivity contribution in [1.82, 2.24) is 20.0 Å². The van der Waals surface area contributed by atoms with E-state index in [0.717, 1.165) is 41.8 Å². The number of hydrogen-bond donors (Lipinski definition) is 1. The van der Waals surface area contributed by atoms with Crippen molar-refractivity contribution in [2.75, 3.05) is 0 Å². The number of benzene rings is 1. The maximum Gasteiger partial charge on any atom is 0.273 e. The van der Waals surface area contributed by atoms with Gasteiger partial charge in [-0.25, -0.2) is 0 Å². The molecule has 2 aromatic heterocycles. The van der Waals surface area contributed by atoms with Crippen LogP contribution < -0.4 is 5.32 Å². The Morgan fingerprint density at radius 1 is 1.15 bits per heavy atom. The predicted octanol–water partition coefficient (Wildman–Crippen LogP) is 5.17. The van der Waals surface area contributed by atoms with E-state index in [1.165, 1.54) is 18.4 Å². The molecule has 1 saturated carbocycles. The summed E-state index contributed by atoms with van der Waals surface area (Å²) in [5.74, 6) is -0.237. The number of aryl methyl sites for hydroxylation is 1. The second-order valence-electron chi connectivity index (χ2n) is 9.86. The fraction of sp³-hybridized carbons (Fsp3) is 0.444. The largest absolute Gasteiger partial charge is 0.351 e. The molecule has 0 unspecified atom stereocenters. The minimum Gasteiger partial charge on any atom is -0.351 e. The number of rotatable bonds is 5. The summed E-state index contributed by atoms with van der Waals surface area (Å²) in [5, 5.41) is 10.0. The first-order valence-electron chi connectivity index (χ1n) is 12.2. The summed E-state index contributed by atoms with van der Waals surface area (Å²) in [7, 11) is 0. The molecule has 1 N–H and O–H groups in total. The summed E-state index contributed by atoms with van der Waals surface area (Å²) in [4.78, 5) is 30.4. The van der Waals surface area contributed by atoms with E-state index in [2.05, 4.69) is 5.32 Å². The van der Waals surface area contributed by atoms with Gasteiger partial charge < -0.3 is 10.2 Å². The van der Waals surface area contributed by atoms with Gasteiger partial charge in [0.15, 0.2) is 0 Å². The Kier molecular flexibility index (Phi) is 6.30. The molecule has 3 aromatic rings. The summed E-state index contributed by atoms with van der Waals surface area (Å²) in [6, 6.07) is 14.2. The highest BCUT2D eigenvalue weighted by molar-refractivity contribution is 7.13. The van der Waals surface area contributed by atoms with Crippen molar-refractivity contribution in [3.63, 3.8) is 0 Å². The van der Waals surface area contributed by atoms with Crippen molar-refractivity contribution in [1.29, 1.82) is 0 Å². The van der Waals surface area contributed by atoms with Crippen molar-refractivity contribution in [3.8, 4) is 10.6 Å².